The maximum absolute atomic E-state index is 4.71. The summed E-state index contributed by atoms with van der Waals surface area (Å²) >= 11 is 7.65. The van der Waals surface area contributed by atoms with Crippen LogP contribution in [-0.4, -0.2) is 17.4 Å². The fourth-order valence-electron chi connectivity index (χ4n) is 0.625. The maximum Gasteiger partial charge on any atom is 0.128 e. The molecule has 5 heteroatoms. The first kappa shape index (κ1) is 13.3. The predicted molar refractivity (Wildman–Crippen MR) is 47.9 cm³/mol. The van der Waals surface area contributed by atoms with E-state index in [0.29, 0.717) is 0 Å². The van der Waals surface area contributed by atoms with Crippen LogP contribution in [0.15, 0.2) is 0 Å². The molecule has 1 radical (unpaired) electrons. The van der Waals surface area contributed by atoms with Gasteiger partial charge in [0.1, 0.15) is 4.32 Å². The summed E-state index contributed by atoms with van der Waals surface area (Å²) in [4.78, 5) is 0. The van der Waals surface area contributed by atoms with Crippen molar-refractivity contribution in [2.24, 2.45) is 5.73 Å². The van der Waals surface area contributed by atoms with Gasteiger partial charge >= 0.3 is 0 Å². The molecule has 1 saturated heterocycles. The largest absolute Gasteiger partial charge is 0.385 e. The van der Waals surface area contributed by atoms with Crippen molar-refractivity contribution in [1.29, 1.82) is 0 Å². The number of rotatable bonds is 0. The summed E-state index contributed by atoms with van der Waals surface area (Å²) in [6.45, 7) is 2.50. The molecule has 0 bridgehead atoms. The molecule has 1 rings (SSSR count). The summed E-state index contributed by atoms with van der Waals surface area (Å²) in [5.41, 5.74) is 4.71. The maximum atomic E-state index is 4.71. The number of hydrogen-bond donors (Lipinski definition) is 3. The molecule has 0 aromatic rings. The third kappa shape index (κ3) is 15.9. The van der Waals surface area contributed by atoms with Crippen LogP contribution in [0.5, 0.6) is 0 Å². The standard InChI is InChI=1S/C4H9N.CH3NS2.Co/c1-2-4-5-3-1;2-1(3)4;/h5H,1-4H2;(H3,2,3,4);. The SMILES string of the molecule is C1CCNC1.NC(=S)S.[Co]. The minimum atomic E-state index is 0. The summed E-state index contributed by atoms with van der Waals surface area (Å²) in [6.07, 6.45) is 2.78. The van der Waals surface area contributed by atoms with E-state index >= 15 is 0 Å². The van der Waals surface area contributed by atoms with Gasteiger partial charge in [-0.2, -0.15) is 0 Å². The van der Waals surface area contributed by atoms with E-state index in [2.05, 4.69) is 30.2 Å². The Morgan fingerprint density at radius 1 is 1.40 bits per heavy atom. The number of nitrogens with one attached hydrogen (secondary N) is 1. The van der Waals surface area contributed by atoms with Gasteiger partial charge in [-0.05, 0) is 25.9 Å². The van der Waals surface area contributed by atoms with E-state index in [-0.39, 0.29) is 21.1 Å². The second-order valence-electron chi connectivity index (χ2n) is 1.80. The molecule has 0 aromatic heterocycles. The Bertz CT molecular complexity index is 74.1. The van der Waals surface area contributed by atoms with Gasteiger partial charge in [-0.15, -0.1) is 12.6 Å². The molecular formula is C5H12CoN2S2. The van der Waals surface area contributed by atoms with Crippen LogP contribution in [0.25, 0.3) is 0 Å². The molecule has 0 spiro atoms. The molecule has 10 heavy (non-hydrogen) atoms. The Hall–Kier alpha value is 0.706. The number of hydrogen-bond acceptors (Lipinski definition) is 2. The monoisotopic (exact) mass is 223 g/mol. The normalized spacial score (nSPS) is 14.5. The zero-order valence-corrected chi connectivity index (χ0v) is 8.35. The van der Waals surface area contributed by atoms with E-state index < -0.39 is 0 Å². The predicted octanol–water partition coefficient (Wildman–Crippen LogP) is 0.527. The van der Waals surface area contributed by atoms with Crippen molar-refractivity contribution in [2.75, 3.05) is 13.1 Å². The average Bonchev–Trinajstić information content (AvgIpc) is 2.11. The molecule has 3 N–H and O–H groups in total. The van der Waals surface area contributed by atoms with Gasteiger partial charge in [0.2, 0.25) is 0 Å². The zero-order chi connectivity index (χ0) is 7.11. The van der Waals surface area contributed by atoms with Crippen LogP contribution in [0.2, 0.25) is 0 Å². The smallest absolute Gasteiger partial charge is 0.128 e. The van der Waals surface area contributed by atoms with Crippen molar-refractivity contribution < 1.29 is 16.8 Å². The number of nitrogens with two attached hydrogens (primary N) is 1. The zero-order valence-electron chi connectivity index (χ0n) is 5.59. The van der Waals surface area contributed by atoms with E-state index in [1.165, 1.54) is 25.9 Å². The minimum absolute atomic E-state index is 0. The van der Waals surface area contributed by atoms with Gasteiger partial charge in [-0.25, -0.2) is 0 Å². The van der Waals surface area contributed by atoms with Crippen molar-refractivity contribution in [3.63, 3.8) is 0 Å². The molecule has 0 aromatic carbocycles. The van der Waals surface area contributed by atoms with Gasteiger partial charge in [0.15, 0.2) is 0 Å². The minimum Gasteiger partial charge on any atom is -0.385 e. The van der Waals surface area contributed by atoms with E-state index in [0.717, 1.165) is 0 Å². The van der Waals surface area contributed by atoms with Gasteiger partial charge < -0.3 is 11.1 Å². The Kier molecular flexibility index (Phi) is 12.9. The number of thiocarbonyl (C=S) groups is 1. The van der Waals surface area contributed by atoms with E-state index in [4.69, 9.17) is 5.73 Å². The summed E-state index contributed by atoms with van der Waals surface area (Å²) in [7, 11) is 0. The molecule has 63 valence electrons. The second-order valence-corrected chi connectivity index (χ2v) is 3.02. The molecule has 1 aliphatic heterocycles. The molecule has 0 saturated carbocycles. The van der Waals surface area contributed by atoms with Crippen LogP contribution < -0.4 is 11.1 Å². The van der Waals surface area contributed by atoms with E-state index in [1.54, 1.807) is 0 Å². The van der Waals surface area contributed by atoms with Crippen LogP contribution in [0.4, 0.5) is 0 Å². The third-order valence-corrected chi connectivity index (χ3v) is 0.957. The molecule has 0 unspecified atom stereocenters. The van der Waals surface area contributed by atoms with Crippen LogP contribution in [0, 0.1) is 0 Å². The van der Waals surface area contributed by atoms with Crippen LogP contribution in [-0.2, 0) is 16.8 Å². The fourth-order valence-corrected chi connectivity index (χ4v) is 0.625. The van der Waals surface area contributed by atoms with E-state index in [9.17, 15) is 0 Å². The Morgan fingerprint density at radius 3 is 1.80 bits per heavy atom. The first-order chi connectivity index (χ1) is 4.23. The molecule has 0 amide bonds. The molecule has 1 fully saturated rings. The number of thiol groups is 1. The van der Waals surface area contributed by atoms with Gasteiger partial charge in [0.05, 0.1) is 0 Å². The summed E-state index contributed by atoms with van der Waals surface area (Å²) < 4.78 is 0.194. The van der Waals surface area contributed by atoms with Crippen molar-refractivity contribution in [1.82, 2.24) is 5.32 Å². The Balaban J connectivity index is 0. The summed E-state index contributed by atoms with van der Waals surface area (Å²) in [5.74, 6) is 0. The molecule has 0 atom stereocenters. The Morgan fingerprint density at radius 2 is 1.70 bits per heavy atom. The quantitative estimate of drug-likeness (QED) is 0.414. The molecular weight excluding hydrogens is 211 g/mol. The second kappa shape index (κ2) is 9.71. The van der Waals surface area contributed by atoms with Crippen molar-refractivity contribution in [3.8, 4) is 0 Å². The average molecular weight is 223 g/mol. The van der Waals surface area contributed by atoms with Crippen LogP contribution >= 0.6 is 24.8 Å². The van der Waals surface area contributed by atoms with Gasteiger partial charge in [0, 0.05) is 16.8 Å². The van der Waals surface area contributed by atoms with Gasteiger partial charge in [-0.1, -0.05) is 12.2 Å². The van der Waals surface area contributed by atoms with Crippen LogP contribution in [0.3, 0.4) is 0 Å². The van der Waals surface area contributed by atoms with Crippen molar-refractivity contribution >= 4 is 29.2 Å². The molecule has 0 aliphatic carbocycles. The van der Waals surface area contributed by atoms with E-state index in [1.807, 2.05) is 0 Å². The van der Waals surface area contributed by atoms with Gasteiger partial charge in [0.25, 0.3) is 0 Å². The summed E-state index contributed by atoms with van der Waals surface area (Å²) in [5, 5.41) is 3.22. The first-order valence-corrected chi connectivity index (χ1v) is 3.78. The topological polar surface area (TPSA) is 38.0 Å². The van der Waals surface area contributed by atoms with Crippen LogP contribution in [0.1, 0.15) is 12.8 Å². The van der Waals surface area contributed by atoms with Gasteiger partial charge in [-0.3, -0.25) is 0 Å². The molecule has 1 aliphatic rings. The first-order valence-electron chi connectivity index (χ1n) is 2.92. The van der Waals surface area contributed by atoms with Crippen molar-refractivity contribution in [2.45, 2.75) is 12.8 Å². The molecule has 2 nitrogen and oxygen atoms in total. The Labute approximate surface area is 82.9 Å². The fraction of sp³-hybridized carbons (Fsp3) is 0.800. The third-order valence-electron chi connectivity index (χ3n) is 0.957. The molecule has 1 heterocycles. The summed E-state index contributed by atoms with van der Waals surface area (Å²) in [6, 6.07) is 0. The van der Waals surface area contributed by atoms with Crippen molar-refractivity contribution in [3.05, 3.63) is 0 Å².